The van der Waals surface area contributed by atoms with Crippen LogP contribution in [0.4, 0.5) is 5.69 Å². The van der Waals surface area contributed by atoms with Gasteiger partial charge in [-0.15, -0.1) is 0 Å². The van der Waals surface area contributed by atoms with Crippen LogP contribution in [0.3, 0.4) is 0 Å². The van der Waals surface area contributed by atoms with Crippen LogP contribution < -0.4 is 0 Å². The quantitative estimate of drug-likeness (QED) is 0.423. The summed E-state index contributed by atoms with van der Waals surface area (Å²) >= 11 is 0. The maximum absolute atomic E-state index is 11.6. The number of aromatic nitrogens is 1. The summed E-state index contributed by atoms with van der Waals surface area (Å²) in [5, 5.41) is 20.9. The molecule has 0 atom stereocenters. The van der Waals surface area contributed by atoms with E-state index in [9.17, 15) is 14.6 Å². The molecule has 2 N–H and O–H groups in total. The van der Waals surface area contributed by atoms with Gasteiger partial charge in [0, 0.05) is 58.4 Å². The minimum absolute atomic E-state index is 0.0202. The van der Waals surface area contributed by atoms with Crippen molar-refractivity contribution in [3.8, 4) is 11.9 Å². The minimum Gasteiger partial charge on any atom is -0.494 e. The van der Waals surface area contributed by atoms with E-state index in [0.29, 0.717) is 16.8 Å². The predicted molar refractivity (Wildman–Crippen MR) is 136 cm³/mol. The molecule has 1 fully saturated rings. The van der Waals surface area contributed by atoms with Crippen LogP contribution in [0.1, 0.15) is 22.3 Å². The number of aliphatic imine (C=N–C) groups is 1. The van der Waals surface area contributed by atoms with Gasteiger partial charge in [0.15, 0.2) is 5.88 Å². The van der Waals surface area contributed by atoms with Crippen LogP contribution in [0.25, 0.3) is 10.9 Å². The molecule has 2 heterocycles. The van der Waals surface area contributed by atoms with Crippen LogP contribution in [0.15, 0.2) is 77.8 Å². The van der Waals surface area contributed by atoms with Crippen LogP contribution in [0.5, 0.6) is 5.88 Å². The molecule has 0 spiro atoms. The van der Waals surface area contributed by atoms with Gasteiger partial charge in [-0.25, -0.2) is 4.99 Å². The molecule has 0 amide bonds. The van der Waals surface area contributed by atoms with Crippen LogP contribution in [0, 0.1) is 11.3 Å². The van der Waals surface area contributed by atoms with Crippen LogP contribution >= 0.6 is 0 Å². The summed E-state index contributed by atoms with van der Waals surface area (Å²) in [6.07, 6.45) is 0. The zero-order valence-corrected chi connectivity index (χ0v) is 19.4. The number of aromatic amines is 1. The molecule has 6 nitrogen and oxygen atoms in total. The van der Waals surface area contributed by atoms with E-state index in [1.807, 2.05) is 42.5 Å². The number of hydrogen-bond donors (Lipinski definition) is 2. The number of nitrogens with one attached hydrogen (secondary N) is 1. The number of fused-ring (bicyclic) bond motifs is 1. The van der Waals surface area contributed by atoms with Crippen molar-refractivity contribution in [2.24, 2.45) is 4.99 Å². The average molecular weight is 469 g/mol. The lowest BCUT2D eigenvalue weighted by Gasteiger charge is -2.26. The summed E-state index contributed by atoms with van der Waals surface area (Å²) in [5.74, 6) is 1.50. The first-order valence-corrected chi connectivity index (χ1v) is 12.6. The lowest BCUT2D eigenvalue weighted by molar-refractivity contribution is 0.291. The van der Waals surface area contributed by atoms with E-state index in [0.717, 1.165) is 53.3 Å². The first-order chi connectivity index (χ1) is 16.6. The van der Waals surface area contributed by atoms with Gasteiger partial charge in [0.1, 0.15) is 0 Å². The summed E-state index contributed by atoms with van der Waals surface area (Å²) in [4.78, 5) is 10.3. The van der Waals surface area contributed by atoms with Crippen LogP contribution in [-0.4, -0.2) is 49.5 Å². The number of nitriles is 1. The maximum Gasteiger partial charge on any atom is 0.199 e. The molecule has 0 saturated carbocycles. The van der Waals surface area contributed by atoms with E-state index in [-0.39, 0.29) is 5.88 Å². The van der Waals surface area contributed by atoms with Gasteiger partial charge in [0.25, 0.3) is 0 Å². The molecule has 1 aliphatic rings. The van der Waals surface area contributed by atoms with Gasteiger partial charge in [0.2, 0.25) is 0 Å². The monoisotopic (exact) mass is 468 g/mol. The van der Waals surface area contributed by atoms with Crippen molar-refractivity contribution in [3.05, 3.63) is 95.1 Å². The molecular weight excluding hydrogens is 444 g/mol. The number of H-pyrrole nitrogens is 1. The topological polar surface area (TPSA) is 92.5 Å². The molecule has 1 aliphatic heterocycles. The summed E-state index contributed by atoms with van der Waals surface area (Å²) in [6.45, 7) is 2.54. The Morgan fingerprint density at radius 1 is 1.06 bits per heavy atom. The molecule has 170 valence electrons. The molecular formula is C27H24N4O2S. The van der Waals surface area contributed by atoms with Crippen molar-refractivity contribution in [1.82, 2.24) is 9.88 Å². The number of aromatic hydroxyl groups is 1. The molecule has 4 aromatic rings. The Balaban J connectivity index is 1.52. The van der Waals surface area contributed by atoms with Gasteiger partial charge < -0.3 is 10.1 Å². The largest absolute Gasteiger partial charge is 0.494 e. The Hall–Kier alpha value is -3.73. The van der Waals surface area contributed by atoms with Gasteiger partial charge >= 0.3 is 0 Å². The Morgan fingerprint density at radius 3 is 2.50 bits per heavy atom. The first-order valence-electron chi connectivity index (χ1n) is 11.2. The third-order valence-electron chi connectivity index (χ3n) is 6.05. The number of rotatable bonds is 5. The third kappa shape index (κ3) is 4.65. The third-order valence-corrected chi connectivity index (χ3v) is 7.32. The molecule has 3 aromatic carbocycles. The first kappa shape index (κ1) is 22.1. The highest BCUT2D eigenvalue weighted by Crippen LogP contribution is 2.32. The molecule has 0 aliphatic carbocycles. The second-order valence-electron chi connectivity index (χ2n) is 8.34. The molecule has 0 bridgehead atoms. The van der Waals surface area contributed by atoms with Crippen molar-refractivity contribution in [2.75, 3.05) is 24.6 Å². The van der Waals surface area contributed by atoms with E-state index in [1.165, 1.54) is 5.56 Å². The fraction of sp³-hybridized carbons (Fsp3) is 0.185. The fourth-order valence-electron chi connectivity index (χ4n) is 4.24. The number of nitrogens with zero attached hydrogens (tertiary/aromatic N) is 3. The van der Waals surface area contributed by atoms with E-state index < -0.39 is 10.8 Å². The second kappa shape index (κ2) is 9.64. The Kier molecular flexibility index (Phi) is 6.26. The molecule has 5 rings (SSSR count). The van der Waals surface area contributed by atoms with E-state index >= 15 is 0 Å². The average Bonchev–Trinajstić information content (AvgIpc) is 3.20. The van der Waals surface area contributed by atoms with Gasteiger partial charge in [-0.05, 0) is 35.9 Å². The Morgan fingerprint density at radius 2 is 1.79 bits per heavy atom. The highest BCUT2D eigenvalue weighted by Gasteiger charge is 2.19. The number of hydrogen-bond acceptors (Lipinski definition) is 5. The van der Waals surface area contributed by atoms with E-state index in [2.05, 4.69) is 28.1 Å². The highest BCUT2D eigenvalue weighted by atomic mass is 32.2. The van der Waals surface area contributed by atoms with Crippen molar-refractivity contribution in [2.45, 2.75) is 6.54 Å². The summed E-state index contributed by atoms with van der Waals surface area (Å²) < 4.78 is 11.6. The van der Waals surface area contributed by atoms with Crippen molar-refractivity contribution < 1.29 is 9.32 Å². The van der Waals surface area contributed by atoms with Crippen molar-refractivity contribution in [3.63, 3.8) is 0 Å². The van der Waals surface area contributed by atoms with Gasteiger partial charge in [-0.1, -0.05) is 42.5 Å². The lowest BCUT2D eigenvalue weighted by Crippen LogP contribution is -2.37. The van der Waals surface area contributed by atoms with Gasteiger partial charge in [-0.2, -0.15) is 5.26 Å². The molecule has 0 unspecified atom stereocenters. The lowest BCUT2D eigenvalue weighted by atomic mass is 10.00. The molecule has 7 heteroatoms. The second-order valence-corrected chi connectivity index (χ2v) is 10.0. The Bertz CT molecular complexity index is 1410. The zero-order chi connectivity index (χ0) is 23.5. The Labute approximate surface area is 200 Å². The molecule has 0 radical (unpaired) electrons. The van der Waals surface area contributed by atoms with Crippen molar-refractivity contribution >= 4 is 33.1 Å². The zero-order valence-electron chi connectivity index (χ0n) is 18.6. The smallest absolute Gasteiger partial charge is 0.199 e. The number of benzene rings is 3. The van der Waals surface area contributed by atoms with Crippen molar-refractivity contribution in [1.29, 1.82) is 5.26 Å². The fourth-order valence-corrected chi connectivity index (χ4v) is 5.37. The molecule has 1 aromatic heterocycles. The SMILES string of the molecule is N#Cc1ccc2[nH]c(O)c(C(=Nc3ccc(CN4CCS(=O)CC4)cc3)c3ccccc3)c2c1. The molecule has 34 heavy (non-hydrogen) atoms. The van der Waals surface area contributed by atoms with Crippen LogP contribution in [0.2, 0.25) is 0 Å². The molecule has 1 saturated heterocycles. The van der Waals surface area contributed by atoms with Gasteiger partial charge in [-0.3, -0.25) is 9.11 Å². The standard InChI is InChI=1S/C27H24N4O2S/c28-17-20-8-11-24-23(16-20)25(27(32)30-24)26(21-4-2-1-3-5-21)29-22-9-6-19(7-10-22)18-31-12-14-34(33)15-13-31/h1-11,16,30,32H,12-15,18H2. The van der Waals surface area contributed by atoms with Crippen LogP contribution in [-0.2, 0) is 17.3 Å². The predicted octanol–water partition coefficient (Wildman–Crippen LogP) is 4.48. The summed E-state index contributed by atoms with van der Waals surface area (Å²) in [6, 6.07) is 25.3. The van der Waals surface area contributed by atoms with Gasteiger partial charge in [0.05, 0.1) is 28.6 Å². The highest BCUT2D eigenvalue weighted by molar-refractivity contribution is 7.85. The normalized spacial score (nSPS) is 15.4. The maximum atomic E-state index is 11.6. The minimum atomic E-state index is -0.677. The van der Waals surface area contributed by atoms with E-state index in [1.54, 1.807) is 18.2 Å². The summed E-state index contributed by atoms with van der Waals surface area (Å²) in [5.41, 5.74) is 5.29. The summed E-state index contributed by atoms with van der Waals surface area (Å²) in [7, 11) is -0.677. The van der Waals surface area contributed by atoms with E-state index in [4.69, 9.17) is 4.99 Å².